The summed E-state index contributed by atoms with van der Waals surface area (Å²) in [7, 11) is 0. The summed E-state index contributed by atoms with van der Waals surface area (Å²) in [5.74, 6) is 1.99. The van der Waals surface area contributed by atoms with Crippen LogP contribution in [0.3, 0.4) is 0 Å². The molecule has 0 radical (unpaired) electrons. The van der Waals surface area contributed by atoms with Crippen molar-refractivity contribution in [3.63, 3.8) is 0 Å². The Bertz CT molecular complexity index is 1070. The number of ether oxygens (including phenoxy) is 4. The number of para-hydroxylation sites is 1. The molecule has 4 aliphatic heterocycles. The molecular weight excluding hydrogens is 406 g/mol. The zero-order valence-electron chi connectivity index (χ0n) is 18.6. The fourth-order valence-electron chi connectivity index (χ4n) is 6.45. The molecule has 0 aliphatic carbocycles. The molecule has 0 saturated carbocycles. The van der Waals surface area contributed by atoms with E-state index < -0.39 is 11.0 Å². The quantitative estimate of drug-likeness (QED) is 0.748. The van der Waals surface area contributed by atoms with Crippen molar-refractivity contribution in [3.05, 3.63) is 47.5 Å². The van der Waals surface area contributed by atoms with Gasteiger partial charge in [-0.05, 0) is 49.8 Å². The van der Waals surface area contributed by atoms with E-state index >= 15 is 0 Å². The molecule has 3 atom stereocenters. The highest BCUT2D eigenvalue weighted by atomic mass is 16.7. The van der Waals surface area contributed by atoms with Crippen LogP contribution in [0.2, 0.25) is 0 Å². The van der Waals surface area contributed by atoms with E-state index in [1.54, 1.807) is 0 Å². The SMILES string of the molecule is CCC1(CC)Oc2cc3c(cc2C2(C(=O)Nc4ccccc42)C1CC1CCCO1)OCO3. The predicted molar refractivity (Wildman–Crippen MR) is 119 cm³/mol. The lowest BCUT2D eigenvalue weighted by atomic mass is 9.56. The molecule has 4 heterocycles. The number of anilines is 1. The first-order chi connectivity index (χ1) is 15.6. The second-order valence-electron chi connectivity index (χ2n) is 9.31. The Morgan fingerprint density at radius 3 is 2.56 bits per heavy atom. The van der Waals surface area contributed by atoms with Crippen molar-refractivity contribution >= 4 is 11.6 Å². The van der Waals surface area contributed by atoms with E-state index in [1.165, 1.54) is 0 Å². The van der Waals surface area contributed by atoms with Crippen LogP contribution < -0.4 is 19.5 Å². The Hall–Kier alpha value is -2.73. The maximum atomic E-state index is 14.1. The van der Waals surface area contributed by atoms with Crippen LogP contribution in [0.25, 0.3) is 0 Å². The van der Waals surface area contributed by atoms with Gasteiger partial charge in [-0.2, -0.15) is 0 Å². The van der Waals surface area contributed by atoms with Crippen LogP contribution in [0.4, 0.5) is 5.69 Å². The van der Waals surface area contributed by atoms with Crippen LogP contribution >= 0.6 is 0 Å². The number of rotatable bonds is 4. The van der Waals surface area contributed by atoms with Crippen molar-refractivity contribution in [1.29, 1.82) is 0 Å². The summed E-state index contributed by atoms with van der Waals surface area (Å²) in [5, 5.41) is 3.20. The lowest BCUT2D eigenvalue weighted by molar-refractivity contribution is -0.130. The minimum Gasteiger partial charge on any atom is -0.486 e. The number of benzene rings is 2. The van der Waals surface area contributed by atoms with E-state index in [-0.39, 0.29) is 24.7 Å². The Labute approximate surface area is 188 Å². The highest BCUT2D eigenvalue weighted by Gasteiger charge is 2.64. The number of hydrogen-bond acceptors (Lipinski definition) is 5. The normalized spacial score (nSPS) is 28.9. The van der Waals surface area contributed by atoms with Crippen LogP contribution in [-0.2, 0) is 14.9 Å². The molecule has 1 N–H and O–H groups in total. The Balaban J connectivity index is 1.65. The van der Waals surface area contributed by atoms with Gasteiger partial charge < -0.3 is 24.3 Å². The molecule has 168 valence electrons. The summed E-state index contributed by atoms with van der Waals surface area (Å²) in [6.07, 6.45) is 4.59. The summed E-state index contributed by atoms with van der Waals surface area (Å²) < 4.78 is 24.3. The zero-order valence-corrected chi connectivity index (χ0v) is 18.6. The van der Waals surface area contributed by atoms with Crippen molar-refractivity contribution in [2.45, 2.75) is 63.1 Å². The minimum absolute atomic E-state index is 0.0105. The Morgan fingerprint density at radius 1 is 1.03 bits per heavy atom. The minimum atomic E-state index is -0.872. The van der Waals surface area contributed by atoms with Gasteiger partial charge in [0.2, 0.25) is 12.7 Å². The third kappa shape index (κ3) is 2.53. The lowest BCUT2D eigenvalue weighted by Crippen LogP contribution is -2.60. The third-order valence-electron chi connectivity index (χ3n) is 8.05. The Morgan fingerprint density at radius 2 is 1.81 bits per heavy atom. The summed E-state index contributed by atoms with van der Waals surface area (Å²) >= 11 is 0. The number of carbonyl (C=O) groups is 1. The summed E-state index contributed by atoms with van der Waals surface area (Å²) in [6, 6.07) is 12.0. The van der Waals surface area contributed by atoms with Gasteiger partial charge in [0, 0.05) is 29.8 Å². The average molecular weight is 436 g/mol. The molecule has 4 aliphatic rings. The van der Waals surface area contributed by atoms with Crippen molar-refractivity contribution in [1.82, 2.24) is 0 Å². The van der Waals surface area contributed by atoms with Crippen LogP contribution in [0.1, 0.15) is 57.1 Å². The fraction of sp³-hybridized carbons (Fsp3) is 0.500. The van der Waals surface area contributed by atoms with Crippen molar-refractivity contribution in [2.24, 2.45) is 5.92 Å². The van der Waals surface area contributed by atoms with Crippen molar-refractivity contribution < 1.29 is 23.7 Å². The lowest BCUT2D eigenvalue weighted by Gasteiger charge is -2.53. The number of carbonyl (C=O) groups excluding carboxylic acids is 1. The number of amides is 1. The number of hydrogen-bond donors (Lipinski definition) is 1. The van der Waals surface area contributed by atoms with Gasteiger partial charge >= 0.3 is 0 Å². The molecule has 6 heteroatoms. The highest BCUT2D eigenvalue weighted by molar-refractivity contribution is 6.10. The second-order valence-corrected chi connectivity index (χ2v) is 9.31. The van der Waals surface area contributed by atoms with Gasteiger partial charge in [0.05, 0.1) is 6.10 Å². The molecule has 1 amide bonds. The second kappa shape index (κ2) is 7.14. The van der Waals surface area contributed by atoms with E-state index in [0.29, 0.717) is 17.2 Å². The molecule has 6 nitrogen and oxygen atoms in total. The maximum Gasteiger partial charge on any atom is 0.240 e. The molecule has 2 aromatic carbocycles. The number of nitrogens with one attached hydrogen (secondary N) is 1. The van der Waals surface area contributed by atoms with Gasteiger partial charge in [0.15, 0.2) is 11.5 Å². The molecule has 32 heavy (non-hydrogen) atoms. The molecule has 0 bridgehead atoms. The molecule has 3 unspecified atom stereocenters. The van der Waals surface area contributed by atoms with Crippen LogP contribution in [0.5, 0.6) is 17.2 Å². The smallest absolute Gasteiger partial charge is 0.240 e. The monoisotopic (exact) mass is 435 g/mol. The van der Waals surface area contributed by atoms with E-state index in [1.807, 2.05) is 30.3 Å². The van der Waals surface area contributed by atoms with E-state index in [4.69, 9.17) is 18.9 Å². The van der Waals surface area contributed by atoms with Crippen molar-refractivity contribution in [2.75, 3.05) is 18.7 Å². The zero-order chi connectivity index (χ0) is 21.9. The molecule has 0 aromatic heterocycles. The van der Waals surface area contributed by atoms with Gasteiger partial charge in [0.1, 0.15) is 16.8 Å². The maximum absolute atomic E-state index is 14.1. The van der Waals surface area contributed by atoms with E-state index in [9.17, 15) is 4.79 Å². The van der Waals surface area contributed by atoms with Gasteiger partial charge in [-0.15, -0.1) is 0 Å². The first-order valence-electron chi connectivity index (χ1n) is 11.8. The first-order valence-corrected chi connectivity index (χ1v) is 11.8. The molecule has 1 saturated heterocycles. The molecule has 6 rings (SSSR count). The largest absolute Gasteiger partial charge is 0.486 e. The van der Waals surface area contributed by atoms with E-state index in [2.05, 4.69) is 25.2 Å². The van der Waals surface area contributed by atoms with E-state index in [0.717, 1.165) is 55.5 Å². The van der Waals surface area contributed by atoms with Crippen LogP contribution in [0, 0.1) is 5.92 Å². The van der Waals surface area contributed by atoms with Gasteiger partial charge in [-0.1, -0.05) is 32.0 Å². The third-order valence-corrected chi connectivity index (χ3v) is 8.05. The topological polar surface area (TPSA) is 66.0 Å². The molecular formula is C26H29NO5. The van der Waals surface area contributed by atoms with Crippen LogP contribution in [0.15, 0.2) is 36.4 Å². The highest BCUT2D eigenvalue weighted by Crippen LogP contribution is 2.61. The predicted octanol–water partition coefficient (Wildman–Crippen LogP) is 4.79. The average Bonchev–Trinajstić information content (AvgIpc) is 3.54. The van der Waals surface area contributed by atoms with Gasteiger partial charge in [0.25, 0.3) is 0 Å². The van der Waals surface area contributed by atoms with Crippen molar-refractivity contribution in [3.8, 4) is 17.2 Å². The van der Waals surface area contributed by atoms with Gasteiger partial charge in [-0.3, -0.25) is 4.79 Å². The number of fused-ring (bicyclic) bond motifs is 5. The van der Waals surface area contributed by atoms with Crippen LogP contribution in [-0.4, -0.2) is 31.0 Å². The summed E-state index contributed by atoms with van der Waals surface area (Å²) in [5.41, 5.74) is 1.39. The fourth-order valence-corrected chi connectivity index (χ4v) is 6.45. The summed E-state index contributed by atoms with van der Waals surface area (Å²) in [6.45, 7) is 5.29. The molecule has 1 spiro atoms. The summed E-state index contributed by atoms with van der Waals surface area (Å²) in [4.78, 5) is 14.1. The molecule has 1 fully saturated rings. The Kier molecular flexibility index (Phi) is 4.44. The first kappa shape index (κ1) is 19.9. The van der Waals surface area contributed by atoms with Gasteiger partial charge in [-0.25, -0.2) is 0 Å². The standard InChI is InChI=1S/C26H29NO5/c1-3-25(4-2)23(12-16-8-7-11-29-16)26(17-9-5-6-10-19(17)27-24(26)28)18-13-21-22(31-15-30-21)14-20(18)32-25/h5-6,9-10,13-14,16,23H,3-4,7-8,11-12,15H2,1-2H3,(H,27,28). The molecule has 2 aromatic rings.